The molecule has 0 aliphatic heterocycles. The highest BCUT2D eigenvalue weighted by Crippen LogP contribution is 2.45. The van der Waals surface area contributed by atoms with Crippen molar-refractivity contribution < 1.29 is 0 Å². The summed E-state index contributed by atoms with van der Waals surface area (Å²) >= 11 is 0. The lowest BCUT2D eigenvalue weighted by Gasteiger charge is -2.08. The lowest BCUT2D eigenvalue weighted by molar-refractivity contribution is 1.51. The third-order valence-electron chi connectivity index (χ3n) is 3.25. The zero-order valence-corrected chi connectivity index (χ0v) is 9.53. The summed E-state index contributed by atoms with van der Waals surface area (Å²) in [7, 11) is 0. The van der Waals surface area contributed by atoms with Crippen molar-refractivity contribution in [1.82, 2.24) is 0 Å². The molecule has 2 N–H and O–H groups in total. The van der Waals surface area contributed by atoms with Crippen molar-refractivity contribution in [3.8, 4) is 11.1 Å². The van der Waals surface area contributed by atoms with E-state index in [-0.39, 0.29) is 0 Å². The van der Waals surface area contributed by atoms with Gasteiger partial charge >= 0.3 is 0 Å². The molecule has 2 aromatic rings. The average molecular weight is 219 g/mol. The minimum atomic E-state index is 0.593. The van der Waals surface area contributed by atoms with Gasteiger partial charge in [-0.2, -0.15) is 0 Å². The Balaban J connectivity index is 2.38. The maximum absolute atomic E-state index is 5.85. The van der Waals surface area contributed by atoms with Crippen LogP contribution in [0.4, 0.5) is 0 Å². The van der Waals surface area contributed by atoms with Gasteiger partial charge in [0.05, 0.1) is 0 Å². The average Bonchev–Trinajstić information content (AvgIpc) is 2.64. The van der Waals surface area contributed by atoms with Crippen LogP contribution >= 0.6 is 0 Å². The minimum Gasteiger partial charge on any atom is -0.399 e. The van der Waals surface area contributed by atoms with E-state index in [2.05, 4.69) is 31.4 Å². The monoisotopic (exact) mass is 219 g/mol. The topological polar surface area (TPSA) is 26.0 Å². The van der Waals surface area contributed by atoms with Gasteiger partial charge in [-0.15, -0.1) is 0 Å². The Bertz CT molecular complexity index is 650. The van der Waals surface area contributed by atoms with E-state index in [9.17, 15) is 0 Å². The second-order valence-electron chi connectivity index (χ2n) is 4.28. The van der Waals surface area contributed by atoms with Gasteiger partial charge in [0.25, 0.3) is 0 Å². The fourth-order valence-electron chi connectivity index (χ4n) is 2.49. The zero-order valence-electron chi connectivity index (χ0n) is 9.53. The minimum absolute atomic E-state index is 0.593. The summed E-state index contributed by atoms with van der Waals surface area (Å²) in [6.07, 6.45) is 0. The maximum atomic E-state index is 5.85. The Morgan fingerprint density at radius 3 is 2.24 bits per heavy atom. The molecule has 0 unspecified atom stereocenters. The molecule has 0 saturated heterocycles. The van der Waals surface area contributed by atoms with Gasteiger partial charge in [0, 0.05) is 11.3 Å². The molecular weight excluding hydrogens is 206 g/mol. The SMILES string of the molecule is C=C(N)c1cccc2c1C(=C)c1ccccc1-2. The summed E-state index contributed by atoms with van der Waals surface area (Å²) in [6.45, 7) is 8.02. The van der Waals surface area contributed by atoms with Crippen LogP contribution in [-0.2, 0) is 0 Å². The van der Waals surface area contributed by atoms with Crippen molar-refractivity contribution in [3.05, 3.63) is 72.3 Å². The van der Waals surface area contributed by atoms with Crippen LogP contribution in [0.15, 0.2) is 55.6 Å². The van der Waals surface area contributed by atoms with Crippen molar-refractivity contribution in [2.45, 2.75) is 0 Å². The highest BCUT2D eigenvalue weighted by molar-refractivity contribution is 6.03. The number of benzene rings is 2. The molecule has 1 nitrogen and oxygen atoms in total. The Labute approximate surface area is 101 Å². The quantitative estimate of drug-likeness (QED) is 0.664. The van der Waals surface area contributed by atoms with Gasteiger partial charge in [0.1, 0.15) is 0 Å². The fourth-order valence-corrected chi connectivity index (χ4v) is 2.49. The Morgan fingerprint density at radius 1 is 0.882 bits per heavy atom. The Morgan fingerprint density at radius 2 is 1.53 bits per heavy atom. The first-order valence-corrected chi connectivity index (χ1v) is 5.57. The van der Waals surface area contributed by atoms with Crippen LogP contribution in [0.2, 0.25) is 0 Å². The van der Waals surface area contributed by atoms with Gasteiger partial charge in [0.2, 0.25) is 0 Å². The first kappa shape index (κ1) is 9.91. The van der Waals surface area contributed by atoms with Crippen molar-refractivity contribution in [2.24, 2.45) is 5.73 Å². The van der Waals surface area contributed by atoms with Crippen LogP contribution in [0.5, 0.6) is 0 Å². The molecular formula is C16H13N. The van der Waals surface area contributed by atoms with Crippen molar-refractivity contribution in [1.29, 1.82) is 0 Å². The summed E-state index contributed by atoms with van der Waals surface area (Å²) in [5.74, 6) is 0. The van der Waals surface area contributed by atoms with E-state index < -0.39 is 0 Å². The maximum Gasteiger partial charge on any atom is 0.0321 e. The standard InChI is InChI=1S/C16H13N/c1-10-12-6-3-4-7-14(12)15-9-5-8-13(11(2)17)16(10)15/h3-9H,1-2,17H2. The van der Waals surface area contributed by atoms with Crippen LogP contribution < -0.4 is 5.73 Å². The molecule has 0 atom stereocenters. The highest BCUT2D eigenvalue weighted by Gasteiger charge is 2.23. The molecule has 17 heavy (non-hydrogen) atoms. The summed E-state index contributed by atoms with van der Waals surface area (Å²) < 4.78 is 0. The molecule has 0 radical (unpaired) electrons. The number of nitrogens with two attached hydrogens (primary N) is 1. The highest BCUT2D eigenvalue weighted by atomic mass is 14.6. The van der Waals surface area contributed by atoms with Crippen LogP contribution in [0.25, 0.3) is 22.4 Å². The third-order valence-corrected chi connectivity index (χ3v) is 3.25. The second-order valence-corrected chi connectivity index (χ2v) is 4.28. The predicted octanol–water partition coefficient (Wildman–Crippen LogP) is 3.66. The second kappa shape index (κ2) is 3.36. The molecule has 0 aromatic heterocycles. The third kappa shape index (κ3) is 1.26. The summed E-state index contributed by atoms with van der Waals surface area (Å²) in [4.78, 5) is 0. The smallest absolute Gasteiger partial charge is 0.0321 e. The number of hydrogen-bond acceptors (Lipinski definition) is 1. The van der Waals surface area contributed by atoms with Gasteiger partial charge in [0.15, 0.2) is 0 Å². The van der Waals surface area contributed by atoms with Gasteiger partial charge in [-0.3, -0.25) is 0 Å². The van der Waals surface area contributed by atoms with E-state index in [4.69, 9.17) is 5.73 Å². The van der Waals surface area contributed by atoms with Crippen LogP contribution in [-0.4, -0.2) is 0 Å². The van der Waals surface area contributed by atoms with Crippen LogP contribution in [0, 0.1) is 0 Å². The van der Waals surface area contributed by atoms with Gasteiger partial charge in [-0.05, 0) is 27.8 Å². The number of rotatable bonds is 1. The molecule has 1 aliphatic carbocycles. The van der Waals surface area contributed by atoms with E-state index in [1.54, 1.807) is 0 Å². The van der Waals surface area contributed by atoms with Gasteiger partial charge in [-0.1, -0.05) is 55.6 Å². The largest absolute Gasteiger partial charge is 0.399 e. The Hall–Kier alpha value is -2.28. The summed E-state index contributed by atoms with van der Waals surface area (Å²) in [5, 5.41) is 0. The summed E-state index contributed by atoms with van der Waals surface area (Å²) in [6, 6.07) is 14.4. The normalized spacial score (nSPS) is 12.1. The first-order valence-electron chi connectivity index (χ1n) is 5.57. The van der Waals surface area contributed by atoms with E-state index in [1.165, 1.54) is 16.7 Å². The molecule has 1 heteroatoms. The first-order chi connectivity index (χ1) is 8.20. The van der Waals surface area contributed by atoms with Crippen LogP contribution in [0.1, 0.15) is 16.7 Å². The molecule has 0 heterocycles. The molecule has 0 bridgehead atoms. The lowest BCUT2D eigenvalue weighted by atomic mass is 9.98. The molecule has 0 saturated carbocycles. The van der Waals surface area contributed by atoms with E-state index in [1.807, 2.05) is 24.3 Å². The molecule has 0 amide bonds. The van der Waals surface area contributed by atoms with E-state index in [0.717, 1.165) is 16.7 Å². The number of fused-ring (bicyclic) bond motifs is 3. The van der Waals surface area contributed by atoms with Crippen LogP contribution in [0.3, 0.4) is 0 Å². The van der Waals surface area contributed by atoms with Gasteiger partial charge in [-0.25, -0.2) is 0 Å². The van der Waals surface area contributed by atoms with E-state index in [0.29, 0.717) is 5.70 Å². The Kier molecular flexibility index (Phi) is 1.96. The van der Waals surface area contributed by atoms with Crippen molar-refractivity contribution in [3.63, 3.8) is 0 Å². The van der Waals surface area contributed by atoms with Crippen molar-refractivity contribution in [2.75, 3.05) is 0 Å². The number of hydrogen-bond donors (Lipinski definition) is 1. The predicted molar refractivity (Wildman–Crippen MR) is 73.2 cm³/mol. The fraction of sp³-hybridized carbons (Fsp3) is 0. The van der Waals surface area contributed by atoms with E-state index >= 15 is 0 Å². The summed E-state index contributed by atoms with van der Waals surface area (Å²) in [5.41, 5.74) is 13.2. The molecule has 2 aromatic carbocycles. The zero-order chi connectivity index (χ0) is 12.0. The molecule has 1 aliphatic rings. The van der Waals surface area contributed by atoms with Gasteiger partial charge < -0.3 is 5.73 Å². The molecule has 0 fully saturated rings. The molecule has 0 spiro atoms. The lowest BCUT2D eigenvalue weighted by Crippen LogP contribution is -1.98. The van der Waals surface area contributed by atoms with Crippen molar-refractivity contribution >= 4 is 11.3 Å². The molecule has 82 valence electrons. The molecule has 3 rings (SSSR count).